The summed E-state index contributed by atoms with van der Waals surface area (Å²) in [6.07, 6.45) is 4.52. The fourth-order valence-corrected chi connectivity index (χ4v) is 3.12. The Kier molecular flexibility index (Phi) is 2.34. The third-order valence-corrected chi connectivity index (χ3v) is 4.13. The first-order valence-electron chi connectivity index (χ1n) is 4.08. The van der Waals surface area contributed by atoms with Crippen LogP contribution >= 0.6 is 0 Å². The quantitative estimate of drug-likeness (QED) is 0.618. The maximum atomic E-state index is 2.34. The molecule has 1 atom stereocenters. The molecule has 1 aromatic rings. The van der Waals surface area contributed by atoms with Gasteiger partial charge in [-0.3, -0.25) is 0 Å². The first-order chi connectivity index (χ1) is 5.86. The number of nitrogens with zero attached hydrogens (tertiary/aromatic N) is 1. The van der Waals surface area contributed by atoms with E-state index in [-0.39, 0.29) is 19.4 Å². The summed E-state index contributed by atoms with van der Waals surface area (Å²) in [5.41, 5.74) is 1.47. The molecule has 2 rings (SSSR count). The van der Waals surface area contributed by atoms with Crippen LogP contribution in [0.25, 0.3) is 0 Å². The number of benzene rings is 1. The molecular weight excluding hydrogens is 182 g/mol. The van der Waals surface area contributed by atoms with Gasteiger partial charge in [-0.25, -0.2) is 0 Å². The zero-order valence-electron chi connectivity index (χ0n) is 7.07. The summed E-state index contributed by atoms with van der Waals surface area (Å²) in [7, 11) is 2.17. The van der Waals surface area contributed by atoms with Crippen molar-refractivity contribution in [2.45, 2.75) is 4.22 Å². The first kappa shape index (κ1) is 8.09. The normalized spacial score (nSPS) is 21.1. The summed E-state index contributed by atoms with van der Waals surface area (Å²) < 4.78 is 3.06. The average molecular weight is 193 g/mol. The van der Waals surface area contributed by atoms with E-state index in [2.05, 4.69) is 53.0 Å². The van der Waals surface area contributed by atoms with Crippen LogP contribution in [0.15, 0.2) is 42.6 Å². The van der Waals surface area contributed by atoms with Crippen LogP contribution in [-0.4, -0.2) is 10.4 Å². The molecule has 60 valence electrons. The topological polar surface area (TPSA) is 3.24 Å². The Morgan fingerprint density at radius 2 is 2.00 bits per heavy atom. The van der Waals surface area contributed by atoms with Gasteiger partial charge in [0.1, 0.15) is 0 Å². The minimum atomic E-state index is 0.0265. The van der Waals surface area contributed by atoms with Crippen molar-refractivity contribution in [2.24, 2.45) is 0 Å². The van der Waals surface area contributed by atoms with Gasteiger partial charge in [0.2, 0.25) is 0 Å². The van der Waals surface area contributed by atoms with Crippen molar-refractivity contribution >= 4 is 0 Å². The molecule has 1 nitrogen and oxygen atoms in total. The molecule has 0 aromatic heterocycles. The van der Waals surface area contributed by atoms with Crippen molar-refractivity contribution in [3.8, 4) is 0 Å². The van der Waals surface area contributed by atoms with Crippen molar-refractivity contribution in [3.63, 3.8) is 0 Å². The summed E-state index contributed by atoms with van der Waals surface area (Å²) in [6.45, 7) is 0. The van der Waals surface area contributed by atoms with Gasteiger partial charge in [-0.1, -0.05) is 0 Å². The van der Waals surface area contributed by atoms with Crippen LogP contribution in [0.3, 0.4) is 0 Å². The molecular formula is C10H11NTi. The number of hydrogen-bond acceptors (Lipinski definition) is 1. The molecule has 1 aliphatic rings. The predicted molar refractivity (Wildman–Crippen MR) is 46.1 cm³/mol. The molecule has 2 heteroatoms. The van der Waals surface area contributed by atoms with E-state index in [1.165, 1.54) is 5.56 Å². The molecule has 1 aliphatic heterocycles. The summed E-state index contributed by atoms with van der Waals surface area (Å²) in [5, 5.41) is 0. The van der Waals surface area contributed by atoms with Gasteiger partial charge in [0.15, 0.2) is 0 Å². The monoisotopic (exact) mass is 193 g/mol. The Labute approximate surface area is 82.3 Å². The molecule has 0 amide bonds. The molecule has 1 heterocycles. The van der Waals surface area contributed by atoms with Crippen LogP contribution in [0.4, 0.5) is 0 Å². The van der Waals surface area contributed by atoms with Gasteiger partial charge in [0.05, 0.1) is 0 Å². The van der Waals surface area contributed by atoms with Crippen LogP contribution in [0.1, 0.15) is 9.79 Å². The fraction of sp³-hybridized carbons (Fsp3) is 0.200. The molecule has 0 radical (unpaired) electrons. The van der Waals surface area contributed by atoms with E-state index < -0.39 is 0 Å². The van der Waals surface area contributed by atoms with Crippen LogP contribution in [0.2, 0.25) is 0 Å². The van der Waals surface area contributed by atoms with E-state index in [9.17, 15) is 0 Å². The average Bonchev–Trinajstić information content (AvgIpc) is 2.54. The number of allylic oxidation sites excluding steroid dienone is 1. The summed E-state index contributed by atoms with van der Waals surface area (Å²) in [6, 6.07) is 10.8. The molecule has 0 fully saturated rings. The second kappa shape index (κ2) is 3.46. The van der Waals surface area contributed by atoms with Crippen LogP contribution in [0, 0.1) is 0 Å². The molecule has 12 heavy (non-hydrogen) atoms. The molecule has 0 N–H and O–H groups in total. The second-order valence-electron chi connectivity index (χ2n) is 2.97. The summed E-state index contributed by atoms with van der Waals surface area (Å²) >= 11 is 0.0265. The van der Waals surface area contributed by atoms with Crippen LogP contribution in [0.5, 0.6) is 0 Å². The van der Waals surface area contributed by atoms with E-state index in [1.54, 1.807) is 0 Å². The van der Waals surface area contributed by atoms with Gasteiger partial charge in [-0.05, 0) is 0 Å². The number of hydrogen-bond donors (Lipinski definition) is 0. The van der Waals surface area contributed by atoms with E-state index >= 15 is 0 Å². The SMILES string of the molecule is C[N]1C=C[CH](c2ccccc2)[Ti]1. The predicted octanol–water partition coefficient (Wildman–Crippen LogP) is 2.18. The molecule has 0 saturated carbocycles. The van der Waals surface area contributed by atoms with Crippen molar-refractivity contribution in [1.29, 1.82) is 0 Å². The zero-order valence-corrected chi connectivity index (χ0v) is 8.63. The standard InChI is InChI=1S/C10H11N.Ti/c1-11-9-5-8-10-6-3-2-4-7-10;/h2-9H,1H3;/q-1;+1. The van der Waals surface area contributed by atoms with E-state index in [4.69, 9.17) is 0 Å². The van der Waals surface area contributed by atoms with Gasteiger partial charge in [0, 0.05) is 0 Å². The van der Waals surface area contributed by atoms with Gasteiger partial charge in [0.25, 0.3) is 0 Å². The molecule has 0 spiro atoms. The van der Waals surface area contributed by atoms with Crippen molar-refractivity contribution in [2.75, 3.05) is 7.05 Å². The fourth-order valence-electron chi connectivity index (χ4n) is 1.37. The molecule has 1 unspecified atom stereocenters. The summed E-state index contributed by atoms with van der Waals surface area (Å²) in [4.78, 5) is 0. The molecule has 0 aliphatic carbocycles. The molecule has 1 aromatic carbocycles. The van der Waals surface area contributed by atoms with E-state index in [0.29, 0.717) is 0 Å². The Morgan fingerprint density at radius 3 is 2.58 bits per heavy atom. The number of rotatable bonds is 1. The van der Waals surface area contributed by atoms with E-state index in [1.807, 2.05) is 0 Å². The van der Waals surface area contributed by atoms with Crippen molar-refractivity contribution in [1.82, 2.24) is 3.38 Å². The molecule has 0 saturated heterocycles. The minimum absolute atomic E-state index is 0.0265. The Morgan fingerprint density at radius 1 is 1.25 bits per heavy atom. The van der Waals surface area contributed by atoms with E-state index in [0.717, 1.165) is 4.22 Å². The van der Waals surface area contributed by atoms with Crippen LogP contribution in [-0.2, 0) is 19.4 Å². The Bertz CT molecular complexity index is 281. The third-order valence-electron chi connectivity index (χ3n) is 2.00. The van der Waals surface area contributed by atoms with Gasteiger partial charge < -0.3 is 0 Å². The third kappa shape index (κ3) is 1.62. The van der Waals surface area contributed by atoms with Gasteiger partial charge >= 0.3 is 82.2 Å². The van der Waals surface area contributed by atoms with Crippen LogP contribution < -0.4 is 0 Å². The van der Waals surface area contributed by atoms with Gasteiger partial charge in [-0.15, -0.1) is 0 Å². The summed E-state index contributed by atoms with van der Waals surface area (Å²) in [5.74, 6) is 0. The zero-order chi connectivity index (χ0) is 8.39. The first-order valence-corrected chi connectivity index (χ1v) is 5.68. The second-order valence-corrected chi connectivity index (χ2v) is 5.45. The van der Waals surface area contributed by atoms with Crippen molar-refractivity contribution in [3.05, 3.63) is 48.2 Å². The Balaban J connectivity index is 2.18. The van der Waals surface area contributed by atoms with Gasteiger partial charge in [-0.2, -0.15) is 0 Å². The Hall–Kier alpha value is -0.526. The van der Waals surface area contributed by atoms with Crippen molar-refractivity contribution < 1.29 is 19.4 Å². The maximum absolute atomic E-state index is 2.34. The molecule has 0 bridgehead atoms.